The number of nitrogens with zero attached hydrogens (tertiary/aromatic N) is 1. The summed E-state index contributed by atoms with van der Waals surface area (Å²) >= 11 is 7.06. The Kier molecular flexibility index (Phi) is 5.15. The normalized spacial score (nSPS) is 16.5. The van der Waals surface area contributed by atoms with Crippen LogP contribution in [0.2, 0.25) is 0 Å². The van der Waals surface area contributed by atoms with E-state index < -0.39 is 0 Å². The third-order valence-corrected chi connectivity index (χ3v) is 5.18. The van der Waals surface area contributed by atoms with Gasteiger partial charge in [-0.25, -0.2) is 0 Å². The van der Waals surface area contributed by atoms with Crippen LogP contribution >= 0.6 is 31.9 Å². The first-order valence-corrected chi connectivity index (χ1v) is 9.08. The average molecular weight is 455 g/mol. The Hall–Kier alpha value is -1.53. The van der Waals surface area contributed by atoms with Crippen LogP contribution in [0.5, 0.6) is 11.5 Å². The first-order chi connectivity index (χ1) is 11.6. The van der Waals surface area contributed by atoms with Crippen LogP contribution in [0.25, 0.3) is 0 Å². The molecule has 0 spiro atoms. The molecule has 0 saturated carbocycles. The summed E-state index contributed by atoms with van der Waals surface area (Å²) in [6, 6.07) is 9.82. The molecule has 1 atom stereocenters. The second-order valence-electron chi connectivity index (χ2n) is 5.57. The molecule has 6 heteroatoms. The Balaban J connectivity index is 2.20. The van der Waals surface area contributed by atoms with E-state index in [0.717, 1.165) is 44.2 Å². The van der Waals surface area contributed by atoms with Crippen LogP contribution in [0.1, 0.15) is 22.7 Å². The minimum Gasteiger partial charge on any atom is -0.493 e. The molecule has 0 aliphatic carbocycles. The predicted octanol–water partition coefficient (Wildman–Crippen LogP) is 4.33. The number of rotatable bonds is 4. The predicted molar refractivity (Wildman–Crippen MR) is 99.7 cm³/mol. The molecule has 1 unspecified atom stereocenters. The SMILES string of the molecule is COc1ccc2c(c1OC)CCN(C=O)C2c1cc(Br)cc(Br)c1. The summed E-state index contributed by atoms with van der Waals surface area (Å²) < 4.78 is 12.9. The fourth-order valence-corrected chi connectivity index (χ4v) is 4.62. The van der Waals surface area contributed by atoms with Gasteiger partial charge in [0.1, 0.15) is 0 Å². The molecule has 0 bridgehead atoms. The van der Waals surface area contributed by atoms with Crippen molar-refractivity contribution in [1.82, 2.24) is 4.90 Å². The lowest BCUT2D eigenvalue weighted by Crippen LogP contribution is -2.35. The molecule has 0 fully saturated rings. The molecule has 0 saturated heterocycles. The lowest BCUT2D eigenvalue weighted by molar-refractivity contribution is -0.119. The molecule has 126 valence electrons. The van der Waals surface area contributed by atoms with E-state index in [1.165, 1.54) is 0 Å². The molecule has 3 rings (SSSR count). The van der Waals surface area contributed by atoms with Crippen molar-refractivity contribution >= 4 is 38.3 Å². The molecule has 0 radical (unpaired) electrons. The van der Waals surface area contributed by atoms with Crippen molar-refractivity contribution < 1.29 is 14.3 Å². The number of halogens is 2. The van der Waals surface area contributed by atoms with E-state index in [2.05, 4.69) is 31.9 Å². The molecule has 24 heavy (non-hydrogen) atoms. The number of carbonyl (C=O) groups excluding carboxylic acids is 1. The van der Waals surface area contributed by atoms with Crippen LogP contribution in [0.3, 0.4) is 0 Å². The monoisotopic (exact) mass is 453 g/mol. The molecule has 2 aromatic rings. The summed E-state index contributed by atoms with van der Waals surface area (Å²) in [4.78, 5) is 13.5. The quantitative estimate of drug-likeness (QED) is 0.645. The smallest absolute Gasteiger partial charge is 0.210 e. The van der Waals surface area contributed by atoms with Crippen molar-refractivity contribution in [2.75, 3.05) is 20.8 Å². The highest BCUT2D eigenvalue weighted by Crippen LogP contribution is 2.43. The molecule has 1 amide bonds. The van der Waals surface area contributed by atoms with E-state index in [0.29, 0.717) is 12.3 Å². The van der Waals surface area contributed by atoms with Crippen molar-refractivity contribution in [3.63, 3.8) is 0 Å². The molecule has 0 aromatic heterocycles. The fraction of sp³-hybridized carbons (Fsp3) is 0.278. The maximum Gasteiger partial charge on any atom is 0.210 e. The minimum absolute atomic E-state index is 0.153. The Morgan fingerprint density at radius 2 is 1.83 bits per heavy atom. The Morgan fingerprint density at radius 3 is 2.42 bits per heavy atom. The first-order valence-electron chi connectivity index (χ1n) is 7.49. The second-order valence-corrected chi connectivity index (χ2v) is 7.40. The van der Waals surface area contributed by atoms with Gasteiger partial charge in [-0.15, -0.1) is 0 Å². The third-order valence-electron chi connectivity index (χ3n) is 4.27. The summed E-state index contributed by atoms with van der Waals surface area (Å²) in [5.74, 6) is 1.46. The van der Waals surface area contributed by atoms with Crippen molar-refractivity contribution in [2.24, 2.45) is 0 Å². The van der Waals surface area contributed by atoms with Crippen LogP contribution < -0.4 is 9.47 Å². The summed E-state index contributed by atoms with van der Waals surface area (Å²) in [5.41, 5.74) is 3.20. The number of fused-ring (bicyclic) bond motifs is 1. The van der Waals surface area contributed by atoms with Crippen molar-refractivity contribution in [2.45, 2.75) is 12.5 Å². The number of carbonyl (C=O) groups is 1. The highest BCUT2D eigenvalue weighted by molar-refractivity contribution is 9.11. The van der Waals surface area contributed by atoms with Crippen LogP contribution in [-0.4, -0.2) is 32.1 Å². The van der Waals surface area contributed by atoms with Crippen molar-refractivity contribution in [3.05, 3.63) is 56.0 Å². The van der Waals surface area contributed by atoms with Gasteiger partial charge in [0, 0.05) is 21.1 Å². The van der Waals surface area contributed by atoms with Gasteiger partial charge in [-0.1, -0.05) is 37.9 Å². The molecule has 1 aliphatic heterocycles. The van der Waals surface area contributed by atoms with E-state index in [-0.39, 0.29) is 6.04 Å². The Bertz CT molecular complexity index is 759. The zero-order chi connectivity index (χ0) is 17.3. The molecular weight excluding hydrogens is 438 g/mol. The molecule has 4 nitrogen and oxygen atoms in total. The van der Waals surface area contributed by atoms with E-state index in [1.54, 1.807) is 14.2 Å². The molecular formula is C18H17Br2NO3. The standard InChI is InChI=1S/C18H17Br2NO3/c1-23-16-4-3-14-15(18(16)24-2)5-6-21(10-22)17(14)11-7-12(19)9-13(20)8-11/h3-4,7-10,17H,5-6H2,1-2H3. The van der Waals surface area contributed by atoms with Gasteiger partial charge < -0.3 is 14.4 Å². The van der Waals surface area contributed by atoms with E-state index in [4.69, 9.17) is 9.47 Å². The number of benzene rings is 2. The largest absolute Gasteiger partial charge is 0.493 e. The first kappa shape index (κ1) is 17.3. The summed E-state index contributed by atoms with van der Waals surface area (Å²) in [5, 5.41) is 0. The third kappa shape index (κ3) is 3.05. The number of hydrogen-bond donors (Lipinski definition) is 0. The van der Waals surface area contributed by atoms with Crippen LogP contribution in [0, 0.1) is 0 Å². The number of methoxy groups -OCH3 is 2. The number of ether oxygens (including phenoxy) is 2. The Morgan fingerprint density at radius 1 is 1.12 bits per heavy atom. The average Bonchev–Trinajstić information content (AvgIpc) is 2.58. The maximum absolute atomic E-state index is 11.6. The van der Waals surface area contributed by atoms with Gasteiger partial charge in [0.15, 0.2) is 11.5 Å². The fourth-order valence-electron chi connectivity index (χ4n) is 3.29. The van der Waals surface area contributed by atoms with Gasteiger partial charge in [-0.05, 0) is 41.8 Å². The molecule has 2 aromatic carbocycles. The van der Waals surface area contributed by atoms with Crippen molar-refractivity contribution in [3.8, 4) is 11.5 Å². The van der Waals surface area contributed by atoms with Gasteiger partial charge in [0.25, 0.3) is 0 Å². The summed E-state index contributed by atoms with van der Waals surface area (Å²) in [6.07, 6.45) is 1.65. The van der Waals surface area contributed by atoms with Gasteiger partial charge in [0.05, 0.1) is 20.3 Å². The highest BCUT2D eigenvalue weighted by atomic mass is 79.9. The Labute approximate surface area is 158 Å². The lowest BCUT2D eigenvalue weighted by Gasteiger charge is -2.36. The molecule has 0 N–H and O–H groups in total. The van der Waals surface area contributed by atoms with Gasteiger partial charge in [-0.2, -0.15) is 0 Å². The van der Waals surface area contributed by atoms with E-state index in [9.17, 15) is 4.79 Å². The molecule has 1 heterocycles. The molecule has 1 aliphatic rings. The van der Waals surface area contributed by atoms with Crippen LogP contribution in [0.15, 0.2) is 39.3 Å². The number of hydrogen-bond acceptors (Lipinski definition) is 3. The zero-order valence-electron chi connectivity index (χ0n) is 13.4. The van der Waals surface area contributed by atoms with Gasteiger partial charge in [-0.3, -0.25) is 4.79 Å². The summed E-state index contributed by atoms with van der Waals surface area (Å²) in [7, 11) is 3.28. The van der Waals surface area contributed by atoms with Crippen LogP contribution in [-0.2, 0) is 11.2 Å². The minimum atomic E-state index is -0.153. The van der Waals surface area contributed by atoms with E-state index >= 15 is 0 Å². The van der Waals surface area contributed by atoms with Gasteiger partial charge >= 0.3 is 0 Å². The zero-order valence-corrected chi connectivity index (χ0v) is 16.6. The number of amides is 1. The maximum atomic E-state index is 11.6. The van der Waals surface area contributed by atoms with Crippen LogP contribution in [0.4, 0.5) is 0 Å². The lowest BCUT2D eigenvalue weighted by atomic mass is 9.87. The van der Waals surface area contributed by atoms with Gasteiger partial charge in [0.2, 0.25) is 6.41 Å². The van der Waals surface area contributed by atoms with Crippen molar-refractivity contribution in [1.29, 1.82) is 0 Å². The topological polar surface area (TPSA) is 38.8 Å². The second kappa shape index (κ2) is 7.15. The summed E-state index contributed by atoms with van der Waals surface area (Å²) in [6.45, 7) is 0.634. The highest BCUT2D eigenvalue weighted by Gasteiger charge is 2.31. The van der Waals surface area contributed by atoms with E-state index in [1.807, 2.05) is 35.2 Å².